The second kappa shape index (κ2) is 10.9. The molecule has 0 aliphatic heterocycles. The quantitative estimate of drug-likeness (QED) is 0.349. The van der Waals surface area contributed by atoms with E-state index in [-0.39, 0.29) is 11.1 Å². The number of aryl methyl sites for hydroxylation is 2. The first-order chi connectivity index (χ1) is 16.9. The lowest BCUT2D eigenvalue weighted by Gasteiger charge is -2.31. The van der Waals surface area contributed by atoms with Gasteiger partial charge in [0.05, 0.1) is 11.1 Å². The third kappa shape index (κ3) is 5.02. The molecule has 0 heterocycles. The van der Waals surface area contributed by atoms with E-state index in [4.69, 9.17) is 0 Å². The van der Waals surface area contributed by atoms with Crippen LogP contribution in [0.15, 0.2) is 54.6 Å². The third-order valence-corrected chi connectivity index (χ3v) is 7.32. The van der Waals surface area contributed by atoms with Gasteiger partial charge in [0.25, 0.3) is 0 Å². The van der Waals surface area contributed by atoms with Crippen LogP contribution in [0.3, 0.4) is 0 Å². The third-order valence-electron chi connectivity index (χ3n) is 7.32. The molecule has 3 aromatic carbocycles. The van der Waals surface area contributed by atoms with Crippen LogP contribution >= 0.6 is 0 Å². The molecule has 4 nitrogen and oxygen atoms in total. The van der Waals surface area contributed by atoms with Gasteiger partial charge in [-0.05, 0) is 89.6 Å². The fourth-order valence-electron chi connectivity index (χ4n) is 5.74. The largest absolute Gasteiger partial charge is 0.478 e. The van der Waals surface area contributed by atoms with Crippen LogP contribution in [0.1, 0.15) is 95.2 Å². The molecule has 1 aliphatic rings. The molecule has 1 fully saturated rings. The average Bonchev–Trinajstić information content (AvgIpc) is 2.87. The molecule has 0 spiro atoms. The maximum atomic E-state index is 12.4. The van der Waals surface area contributed by atoms with Gasteiger partial charge >= 0.3 is 11.9 Å². The molecule has 0 bridgehead atoms. The van der Waals surface area contributed by atoms with Gasteiger partial charge in [-0.3, -0.25) is 0 Å². The second-order valence-corrected chi connectivity index (χ2v) is 9.66. The monoisotopic (exact) mass is 470 g/mol. The molecule has 0 atom stereocenters. The van der Waals surface area contributed by atoms with Crippen molar-refractivity contribution in [2.24, 2.45) is 0 Å². The fraction of sp³-hybridized carbons (Fsp3) is 0.355. The van der Waals surface area contributed by atoms with Gasteiger partial charge in [-0.25, -0.2) is 9.59 Å². The zero-order valence-electron chi connectivity index (χ0n) is 20.6. The average molecular weight is 471 g/mol. The molecule has 0 radical (unpaired) electrons. The molecule has 0 aromatic heterocycles. The summed E-state index contributed by atoms with van der Waals surface area (Å²) in [6.07, 6.45) is 8.77. The highest BCUT2D eigenvalue weighted by Crippen LogP contribution is 2.48. The van der Waals surface area contributed by atoms with Crippen LogP contribution in [0, 0.1) is 6.92 Å². The number of hydrogen-bond donors (Lipinski definition) is 2. The lowest BCUT2D eigenvalue weighted by atomic mass is 9.73. The summed E-state index contributed by atoms with van der Waals surface area (Å²) in [6, 6.07) is 16.5. The van der Waals surface area contributed by atoms with E-state index in [0.717, 1.165) is 61.6 Å². The Morgan fingerprint density at radius 1 is 0.829 bits per heavy atom. The predicted octanol–water partition coefficient (Wildman–Crippen LogP) is 8.12. The van der Waals surface area contributed by atoms with Crippen LogP contribution in [0.25, 0.3) is 22.3 Å². The molecule has 1 saturated carbocycles. The molecule has 182 valence electrons. The highest BCUT2D eigenvalue weighted by molar-refractivity contribution is 6.04. The Kier molecular flexibility index (Phi) is 7.70. The smallest absolute Gasteiger partial charge is 0.336 e. The maximum Gasteiger partial charge on any atom is 0.336 e. The maximum absolute atomic E-state index is 12.4. The lowest BCUT2D eigenvalue weighted by Crippen LogP contribution is -2.13. The minimum atomic E-state index is -0.980. The molecule has 2 N–H and O–H groups in total. The molecule has 4 heteroatoms. The van der Waals surface area contributed by atoms with Crippen LogP contribution in [0.2, 0.25) is 0 Å². The molecule has 3 aromatic rings. The van der Waals surface area contributed by atoms with E-state index in [1.54, 1.807) is 24.3 Å². The summed E-state index contributed by atoms with van der Waals surface area (Å²) in [4.78, 5) is 24.6. The van der Waals surface area contributed by atoms with Gasteiger partial charge in [-0.2, -0.15) is 0 Å². The Bertz CT molecular complexity index is 1230. The van der Waals surface area contributed by atoms with Crippen molar-refractivity contribution in [2.45, 2.75) is 71.1 Å². The minimum absolute atomic E-state index is 0.237. The number of rotatable bonds is 8. The molecule has 0 saturated heterocycles. The molecule has 0 unspecified atom stereocenters. The van der Waals surface area contributed by atoms with Gasteiger partial charge in [0, 0.05) is 0 Å². The Labute approximate surface area is 207 Å². The molecule has 4 rings (SSSR count). The summed E-state index contributed by atoms with van der Waals surface area (Å²) in [6.45, 7) is 4.21. The van der Waals surface area contributed by atoms with E-state index in [1.165, 1.54) is 17.5 Å². The van der Waals surface area contributed by atoms with Gasteiger partial charge < -0.3 is 10.2 Å². The number of aromatic carboxylic acids is 2. The van der Waals surface area contributed by atoms with Crippen LogP contribution in [-0.2, 0) is 6.42 Å². The summed E-state index contributed by atoms with van der Waals surface area (Å²) in [5.74, 6) is -1.61. The van der Waals surface area contributed by atoms with E-state index in [1.807, 2.05) is 31.2 Å². The number of unbranched alkanes of at least 4 members (excludes halogenated alkanes) is 1. The van der Waals surface area contributed by atoms with E-state index in [0.29, 0.717) is 17.0 Å². The van der Waals surface area contributed by atoms with Crippen LogP contribution in [0.5, 0.6) is 0 Å². The molecular formula is C31H34O4. The first-order valence-electron chi connectivity index (χ1n) is 12.8. The van der Waals surface area contributed by atoms with Crippen molar-refractivity contribution in [3.63, 3.8) is 0 Å². The number of benzene rings is 3. The van der Waals surface area contributed by atoms with E-state index >= 15 is 0 Å². The van der Waals surface area contributed by atoms with Crippen molar-refractivity contribution >= 4 is 11.9 Å². The lowest BCUT2D eigenvalue weighted by molar-refractivity contribution is 0.0686. The second-order valence-electron chi connectivity index (χ2n) is 9.66. The van der Waals surface area contributed by atoms with Crippen molar-refractivity contribution in [1.29, 1.82) is 0 Å². The Balaban J connectivity index is 2.15. The summed E-state index contributed by atoms with van der Waals surface area (Å²) in [5.41, 5.74) is 7.07. The first kappa shape index (κ1) is 24.7. The Hall–Kier alpha value is -3.40. The van der Waals surface area contributed by atoms with Gasteiger partial charge in [-0.1, -0.05) is 75.1 Å². The van der Waals surface area contributed by atoms with Gasteiger partial charge in [0.1, 0.15) is 0 Å². The van der Waals surface area contributed by atoms with Crippen LogP contribution in [-0.4, -0.2) is 22.2 Å². The van der Waals surface area contributed by atoms with Crippen LogP contribution < -0.4 is 0 Å². The first-order valence-corrected chi connectivity index (χ1v) is 12.8. The van der Waals surface area contributed by atoms with E-state index < -0.39 is 11.9 Å². The molecular weight excluding hydrogens is 436 g/mol. The normalized spacial score (nSPS) is 14.1. The minimum Gasteiger partial charge on any atom is -0.478 e. The van der Waals surface area contributed by atoms with Crippen molar-refractivity contribution in [2.75, 3.05) is 0 Å². The summed E-state index contributed by atoms with van der Waals surface area (Å²) in [5, 5.41) is 20.1. The zero-order valence-corrected chi connectivity index (χ0v) is 20.6. The Morgan fingerprint density at radius 2 is 1.37 bits per heavy atom. The molecule has 0 amide bonds. The number of carboxylic acids is 2. The SMILES string of the molecule is CCCCc1cc(C)c(-c2ccccc2C(=O)O)c(-c2ccccc2C(=O)O)c1C1CCCCC1. The molecule has 35 heavy (non-hydrogen) atoms. The van der Waals surface area contributed by atoms with Crippen molar-refractivity contribution in [3.8, 4) is 22.3 Å². The standard InChI is InChI=1S/C31H34O4/c1-3-4-12-22-19-20(2)27(23-15-8-10-17-25(23)30(32)33)29(28(22)21-13-6-5-7-14-21)24-16-9-11-18-26(24)31(34)35/h8-11,15-19,21H,3-7,12-14H2,1-2H3,(H,32,33)(H,34,35). The molecule has 1 aliphatic carbocycles. The number of hydrogen-bond acceptors (Lipinski definition) is 2. The fourth-order valence-corrected chi connectivity index (χ4v) is 5.74. The summed E-state index contributed by atoms with van der Waals surface area (Å²) in [7, 11) is 0. The highest BCUT2D eigenvalue weighted by atomic mass is 16.4. The van der Waals surface area contributed by atoms with Crippen molar-refractivity contribution < 1.29 is 19.8 Å². The van der Waals surface area contributed by atoms with E-state index in [2.05, 4.69) is 13.0 Å². The van der Waals surface area contributed by atoms with Gasteiger partial charge in [-0.15, -0.1) is 0 Å². The topological polar surface area (TPSA) is 74.6 Å². The highest BCUT2D eigenvalue weighted by Gasteiger charge is 2.29. The zero-order chi connectivity index (χ0) is 24.9. The predicted molar refractivity (Wildman–Crippen MR) is 140 cm³/mol. The number of carbonyl (C=O) groups is 2. The Morgan fingerprint density at radius 3 is 1.91 bits per heavy atom. The van der Waals surface area contributed by atoms with Gasteiger partial charge in [0.2, 0.25) is 0 Å². The van der Waals surface area contributed by atoms with Crippen molar-refractivity contribution in [3.05, 3.63) is 82.4 Å². The van der Waals surface area contributed by atoms with Gasteiger partial charge in [0.15, 0.2) is 0 Å². The van der Waals surface area contributed by atoms with Crippen molar-refractivity contribution in [1.82, 2.24) is 0 Å². The number of carboxylic acid groups (broad SMARTS) is 2. The van der Waals surface area contributed by atoms with E-state index in [9.17, 15) is 19.8 Å². The van der Waals surface area contributed by atoms with Crippen LogP contribution in [0.4, 0.5) is 0 Å². The summed E-state index contributed by atoms with van der Waals surface area (Å²) >= 11 is 0. The summed E-state index contributed by atoms with van der Waals surface area (Å²) < 4.78 is 0.